The van der Waals surface area contributed by atoms with Crippen molar-refractivity contribution >= 4 is 5.97 Å². The molecule has 0 aliphatic heterocycles. The van der Waals surface area contributed by atoms with Crippen molar-refractivity contribution in [2.75, 3.05) is 0 Å². The van der Waals surface area contributed by atoms with Crippen LogP contribution in [0.15, 0.2) is 30.6 Å². The smallest absolute Gasteiger partial charge is 0.305 e. The average molecular weight is 235 g/mol. The molecule has 2 rings (SSSR count). The highest BCUT2D eigenvalue weighted by atomic mass is 19.1. The van der Waals surface area contributed by atoms with Gasteiger partial charge in [0.2, 0.25) is 0 Å². The highest BCUT2D eigenvalue weighted by molar-refractivity contribution is 5.66. The number of aryl methyl sites for hydroxylation is 1. The van der Waals surface area contributed by atoms with Crippen molar-refractivity contribution in [2.45, 2.75) is 13.0 Å². The van der Waals surface area contributed by atoms with Crippen molar-refractivity contribution in [1.29, 1.82) is 0 Å². The van der Waals surface area contributed by atoms with Crippen LogP contribution in [0.2, 0.25) is 0 Å². The maximum atomic E-state index is 13.4. The molecule has 1 aromatic heterocycles. The standard InChI is InChI=1S/C11H10FN3O2/c12-9-4-2-1-3-8(9)11-13-7-15(14-11)6-5-10(16)17/h1-4,7H,5-6H2,(H,16,17). The van der Waals surface area contributed by atoms with Gasteiger partial charge in [0.15, 0.2) is 5.82 Å². The highest BCUT2D eigenvalue weighted by Gasteiger charge is 2.09. The lowest BCUT2D eigenvalue weighted by Crippen LogP contribution is -2.05. The molecule has 1 N–H and O–H groups in total. The predicted molar refractivity (Wildman–Crippen MR) is 57.7 cm³/mol. The number of aromatic nitrogens is 3. The summed E-state index contributed by atoms with van der Waals surface area (Å²) in [6, 6.07) is 6.18. The third-order valence-corrected chi connectivity index (χ3v) is 2.21. The minimum Gasteiger partial charge on any atom is -0.481 e. The van der Waals surface area contributed by atoms with Crippen LogP contribution in [0.25, 0.3) is 11.4 Å². The summed E-state index contributed by atoms with van der Waals surface area (Å²) in [7, 11) is 0. The summed E-state index contributed by atoms with van der Waals surface area (Å²) < 4.78 is 14.8. The normalized spacial score (nSPS) is 10.4. The Labute approximate surface area is 96.5 Å². The quantitative estimate of drug-likeness (QED) is 0.873. The Bertz CT molecular complexity index is 539. The number of nitrogens with zero attached hydrogens (tertiary/aromatic N) is 3. The van der Waals surface area contributed by atoms with Crippen molar-refractivity contribution in [1.82, 2.24) is 14.8 Å². The molecule has 0 radical (unpaired) electrons. The Kier molecular flexibility index (Phi) is 3.13. The molecule has 0 saturated carbocycles. The van der Waals surface area contributed by atoms with E-state index in [0.717, 1.165) is 0 Å². The number of carboxylic acids is 1. The summed E-state index contributed by atoms with van der Waals surface area (Å²) in [4.78, 5) is 14.3. The number of benzene rings is 1. The van der Waals surface area contributed by atoms with Gasteiger partial charge in [-0.2, -0.15) is 5.10 Å². The Hall–Kier alpha value is -2.24. The number of carboxylic acid groups (broad SMARTS) is 1. The molecule has 0 aliphatic rings. The second-order valence-electron chi connectivity index (χ2n) is 3.45. The summed E-state index contributed by atoms with van der Waals surface area (Å²) in [5.41, 5.74) is 0.307. The monoisotopic (exact) mass is 235 g/mol. The summed E-state index contributed by atoms with van der Waals surface area (Å²) in [5, 5.41) is 12.5. The van der Waals surface area contributed by atoms with E-state index in [1.165, 1.54) is 17.1 Å². The number of hydrogen-bond donors (Lipinski definition) is 1. The highest BCUT2D eigenvalue weighted by Crippen LogP contribution is 2.17. The van der Waals surface area contributed by atoms with Crippen LogP contribution in [0.4, 0.5) is 4.39 Å². The van der Waals surface area contributed by atoms with Gasteiger partial charge in [0, 0.05) is 0 Å². The molecule has 0 amide bonds. The van der Waals surface area contributed by atoms with Crippen molar-refractivity contribution in [3.8, 4) is 11.4 Å². The Morgan fingerprint density at radius 1 is 1.41 bits per heavy atom. The van der Waals surface area contributed by atoms with Crippen LogP contribution < -0.4 is 0 Å². The molecule has 5 nitrogen and oxygen atoms in total. The van der Waals surface area contributed by atoms with Crippen LogP contribution in [-0.2, 0) is 11.3 Å². The minimum atomic E-state index is -0.909. The van der Waals surface area contributed by atoms with Gasteiger partial charge >= 0.3 is 5.97 Å². The van der Waals surface area contributed by atoms with Gasteiger partial charge in [0.1, 0.15) is 12.1 Å². The molecule has 0 fully saturated rings. The predicted octanol–water partition coefficient (Wildman–Crippen LogP) is 1.56. The summed E-state index contributed by atoms with van der Waals surface area (Å²) >= 11 is 0. The maximum absolute atomic E-state index is 13.4. The third kappa shape index (κ3) is 2.66. The lowest BCUT2D eigenvalue weighted by atomic mass is 10.2. The molecule has 17 heavy (non-hydrogen) atoms. The lowest BCUT2D eigenvalue weighted by Gasteiger charge is -1.97. The second kappa shape index (κ2) is 4.73. The molecule has 0 aliphatic carbocycles. The van der Waals surface area contributed by atoms with Gasteiger partial charge in [-0.3, -0.25) is 9.48 Å². The molecule has 6 heteroatoms. The van der Waals surface area contributed by atoms with Crippen molar-refractivity contribution in [3.05, 3.63) is 36.4 Å². The average Bonchev–Trinajstić information content (AvgIpc) is 2.75. The van der Waals surface area contributed by atoms with Gasteiger partial charge in [0.05, 0.1) is 18.5 Å². The van der Waals surface area contributed by atoms with E-state index >= 15 is 0 Å². The topological polar surface area (TPSA) is 68.0 Å². The van der Waals surface area contributed by atoms with Crippen LogP contribution in [0, 0.1) is 5.82 Å². The Balaban J connectivity index is 2.18. The van der Waals surface area contributed by atoms with E-state index in [1.54, 1.807) is 18.2 Å². The zero-order chi connectivity index (χ0) is 12.3. The maximum Gasteiger partial charge on any atom is 0.305 e. The molecular weight excluding hydrogens is 225 g/mol. The molecule has 0 unspecified atom stereocenters. The van der Waals surface area contributed by atoms with Crippen LogP contribution >= 0.6 is 0 Å². The van der Waals surface area contributed by atoms with Gasteiger partial charge in [-0.05, 0) is 12.1 Å². The second-order valence-corrected chi connectivity index (χ2v) is 3.45. The fourth-order valence-corrected chi connectivity index (χ4v) is 1.38. The first-order valence-corrected chi connectivity index (χ1v) is 5.03. The van der Waals surface area contributed by atoms with Gasteiger partial charge in [-0.1, -0.05) is 12.1 Å². The molecule has 2 aromatic rings. The van der Waals surface area contributed by atoms with E-state index in [9.17, 15) is 9.18 Å². The number of aliphatic carboxylic acids is 1. The van der Waals surface area contributed by atoms with Crippen LogP contribution in [0.3, 0.4) is 0 Å². The molecule has 1 heterocycles. The number of halogens is 1. The molecule has 0 bridgehead atoms. The van der Waals surface area contributed by atoms with E-state index < -0.39 is 11.8 Å². The van der Waals surface area contributed by atoms with Gasteiger partial charge < -0.3 is 5.11 Å². The van der Waals surface area contributed by atoms with E-state index in [0.29, 0.717) is 5.56 Å². The zero-order valence-electron chi connectivity index (χ0n) is 8.88. The summed E-state index contributed by atoms with van der Waals surface area (Å²) in [5.74, 6) is -1.05. The van der Waals surface area contributed by atoms with E-state index in [-0.39, 0.29) is 18.8 Å². The van der Waals surface area contributed by atoms with Gasteiger partial charge in [0.25, 0.3) is 0 Å². The first-order valence-electron chi connectivity index (χ1n) is 5.03. The van der Waals surface area contributed by atoms with Gasteiger partial charge in [-0.15, -0.1) is 0 Å². The van der Waals surface area contributed by atoms with Crippen LogP contribution in [0.5, 0.6) is 0 Å². The van der Waals surface area contributed by atoms with E-state index in [2.05, 4.69) is 10.1 Å². The number of carbonyl (C=O) groups is 1. The molecule has 0 spiro atoms. The zero-order valence-corrected chi connectivity index (χ0v) is 8.88. The van der Waals surface area contributed by atoms with E-state index in [1.807, 2.05) is 0 Å². The SMILES string of the molecule is O=C(O)CCn1cnc(-c2ccccc2F)n1. The van der Waals surface area contributed by atoms with E-state index in [4.69, 9.17) is 5.11 Å². The molecule has 88 valence electrons. The Morgan fingerprint density at radius 2 is 2.18 bits per heavy atom. The minimum absolute atomic E-state index is 0.0416. The van der Waals surface area contributed by atoms with Gasteiger partial charge in [-0.25, -0.2) is 9.37 Å². The lowest BCUT2D eigenvalue weighted by molar-refractivity contribution is -0.137. The fraction of sp³-hybridized carbons (Fsp3) is 0.182. The van der Waals surface area contributed by atoms with Crippen LogP contribution in [-0.4, -0.2) is 25.8 Å². The van der Waals surface area contributed by atoms with Crippen molar-refractivity contribution in [3.63, 3.8) is 0 Å². The molecule has 1 aromatic carbocycles. The molecule has 0 atom stereocenters. The Morgan fingerprint density at radius 3 is 2.88 bits per heavy atom. The fourth-order valence-electron chi connectivity index (χ4n) is 1.38. The number of rotatable bonds is 4. The summed E-state index contributed by atoms with van der Waals surface area (Å²) in [6.07, 6.45) is 1.35. The molecule has 0 saturated heterocycles. The largest absolute Gasteiger partial charge is 0.481 e. The number of hydrogen-bond acceptors (Lipinski definition) is 3. The van der Waals surface area contributed by atoms with Crippen molar-refractivity contribution in [2.24, 2.45) is 0 Å². The van der Waals surface area contributed by atoms with Crippen molar-refractivity contribution < 1.29 is 14.3 Å². The summed E-state index contributed by atoms with van der Waals surface area (Å²) in [6.45, 7) is 0.219. The first kappa shape index (κ1) is 11.3. The third-order valence-electron chi connectivity index (χ3n) is 2.21. The van der Waals surface area contributed by atoms with Crippen LogP contribution in [0.1, 0.15) is 6.42 Å². The first-order chi connectivity index (χ1) is 8.16. The molecular formula is C11H10FN3O2.